The molecule has 0 aromatic rings. The van der Waals surface area contributed by atoms with E-state index in [2.05, 4.69) is 27.7 Å². The molecule has 2 N–H and O–H groups in total. The number of likely N-dealkylation sites (tertiary alicyclic amines) is 1. The second kappa shape index (κ2) is 4.36. The van der Waals surface area contributed by atoms with E-state index in [1.807, 2.05) is 11.8 Å². The Morgan fingerprint density at radius 2 is 2.06 bits per heavy atom. The van der Waals surface area contributed by atoms with Crippen LogP contribution < -0.4 is 5.73 Å². The first-order valence-corrected chi connectivity index (χ1v) is 6.18. The highest BCUT2D eigenvalue weighted by molar-refractivity contribution is 5.79. The monoisotopic (exact) mass is 226 g/mol. The maximum atomic E-state index is 12.3. The summed E-state index contributed by atoms with van der Waals surface area (Å²) >= 11 is 0. The molecule has 1 aliphatic rings. The van der Waals surface area contributed by atoms with Gasteiger partial charge in [0.2, 0.25) is 5.91 Å². The molecule has 2 atom stereocenters. The molecule has 0 aromatic carbocycles. The molecule has 1 heterocycles. The van der Waals surface area contributed by atoms with Gasteiger partial charge in [-0.15, -0.1) is 0 Å². The molecule has 0 aliphatic carbocycles. The molecule has 3 nitrogen and oxygen atoms in total. The molecular weight excluding hydrogens is 200 g/mol. The maximum absolute atomic E-state index is 12.3. The van der Waals surface area contributed by atoms with Gasteiger partial charge in [0.25, 0.3) is 0 Å². The van der Waals surface area contributed by atoms with Crippen LogP contribution in [-0.4, -0.2) is 30.4 Å². The highest BCUT2D eigenvalue weighted by atomic mass is 16.2. The van der Waals surface area contributed by atoms with Crippen molar-refractivity contribution in [3.05, 3.63) is 0 Å². The molecule has 0 spiro atoms. The standard InChI is InChI=1S/C13H26N2O/c1-10(12(2,3)4)11(16)15-7-6-13(5,8-14)9-15/h10H,6-9,14H2,1-5H3. The van der Waals surface area contributed by atoms with Crippen LogP contribution in [0.3, 0.4) is 0 Å². The van der Waals surface area contributed by atoms with Crippen molar-refractivity contribution in [2.45, 2.75) is 41.0 Å². The van der Waals surface area contributed by atoms with E-state index in [0.717, 1.165) is 19.5 Å². The fourth-order valence-electron chi connectivity index (χ4n) is 2.02. The molecule has 0 bridgehead atoms. The predicted octanol–water partition coefficient (Wildman–Crippen LogP) is 1.87. The van der Waals surface area contributed by atoms with Crippen molar-refractivity contribution >= 4 is 5.91 Å². The van der Waals surface area contributed by atoms with Crippen molar-refractivity contribution in [1.29, 1.82) is 0 Å². The van der Waals surface area contributed by atoms with Gasteiger partial charge in [-0.2, -0.15) is 0 Å². The number of carbonyl (C=O) groups is 1. The Balaban J connectivity index is 2.65. The topological polar surface area (TPSA) is 46.3 Å². The van der Waals surface area contributed by atoms with E-state index in [1.165, 1.54) is 0 Å². The third kappa shape index (κ3) is 2.76. The molecule has 1 fully saturated rings. The molecule has 1 amide bonds. The summed E-state index contributed by atoms with van der Waals surface area (Å²) < 4.78 is 0. The molecule has 1 aliphatic heterocycles. The lowest BCUT2D eigenvalue weighted by Crippen LogP contribution is -2.40. The van der Waals surface area contributed by atoms with Crippen molar-refractivity contribution in [3.63, 3.8) is 0 Å². The lowest BCUT2D eigenvalue weighted by Gasteiger charge is -2.31. The van der Waals surface area contributed by atoms with Gasteiger partial charge in [-0.3, -0.25) is 4.79 Å². The van der Waals surface area contributed by atoms with Gasteiger partial charge in [-0.1, -0.05) is 34.6 Å². The maximum Gasteiger partial charge on any atom is 0.225 e. The summed E-state index contributed by atoms with van der Waals surface area (Å²) in [4.78, 5) is 14.3. The molecular formula is C13H26N2O. The lowest BCUT2D eigenvalue weighted by molar-refractivity contribution is -0.137. The SMILES string of the molecule is CC(C(=O)N1CCC(C)(CN)C1)C(C)(C)C. The van der Waals surface area contributed by atoms with Gasteiger partial charge in [0, 0.05) is 19.0 Å². The molecule has 16 heavy (non-hydrogen) atoms. The van der Waals surface area contributed by atoms with Crippen LogP contribution in [0, 0.1) is 16.7 Å². The van der Waals surface area contributed by atoms with Gasteiger partial charge >= 0.3 is 0 Å². The fourth-order valence-corrected chi connectivity index (χ4v) is 2.02. The van der Waals surface area contributed by atoms with Gasteiger partial charge in [-0.25, -0.2) is 0 Å². The van der Waals surface area contributed by atoms with Crippen molar-refractivity contribution in [2.24, 2.45) is 22.5 Å². The third-order valence-electron chi connectivity index (χ3n) is 4.03. The van der Waals surface area contributed by atoms with Crippen molar-refractivity contribution in [2.75, 3.05) is 19.6 Å². The number of carbonyl (C=O) groups excluding carboxylic acids is 1. The number of hydrogen-bond acceptors (Lipinski definition) is 2. The Morgan fingerprint density at radius 1 is 1.50 bits per heavy atom. The molecule has 94 valence electrons. The van der Waals surface area contributed by atoms with Crippen molar-refractivity contribution in [3.8, 4) is 0 Å². The summed E-state index contributed by atoms with van der Waals surface area (Å²) in [6.07, 6.45) is 1.03. The van der Waals surface area contributed by atoms with Crippen molar-refractivity contribution < 1.29 is 4.79 Å². The first-order valence-electron chi connectivity index (χ1n) is 6.18. The van der Waals surface area contributed by atoms with Crippen LogP contribution in [0.25, 0.3) is 0 Å². The number of nitrogens with zero attached hydrogens (tertiary/aromatic N) is 1. The molecule has 3 heteroatoms. The average molecular weight is 226 g/mol. The first kappa shape index (κ1) is 13.5. The molecule has 1 saturated heterocycles. The Bertz CT molecular complexity index is 270. The van der Waals surface area contributed by atoms with Gasteiger partial charge in [0.05, 0.1) is 0 Å². The zero-order valence-corrected chi connectivity index (χ0v) is 11.3. The number of amides is 1. The summed E-state index contributed by atoms with van der Waals surface area (Å²) in [6.45, 7) is 12.9. The van der Waals surface area contributed by atoms with Gasteiger partial charge < -0.3 is 10.6 Å². The van der Waals surface area contributed by atoms with E-state index in [9.17, 15) is 4.79 Å². The minimum Gasteiger partial charge on any atom is -0.342 e. The minimum absolute atomic E-state index is 0.0405. The van der Waals surface area contributed by atoms with Gasteiger partial charge in [0.1, 0.15) is 0 Å². The third-order valence-corrected chi connectivity index (χ3v) is 4.03. The van der Waals surface area contributed by atoms with Crippen LogP contribution in [0.5, 0.6) is 0 Å². The second-order valence-corrected chi connectivity index (χ2v) is 6.61. The van der Waals surface area contributed by atoms with Crippen LogP contribution in [0.2, 0.25) is 0 Å². The first-order chi connectivity index (χ1) is 7.19. The van der Waals surface area contributed by atoms with E-state index < -0.39 is 0 Å². The van der Waals surface area contributed by atoms with E-state index in [-0.39, 0.29) is 22.7 Å². The van der Waals surface area contributed by atoms with E-state index in [4.69, 9.17) is 5.73 Å². The molecule has 0 saturated carbocycles. The van der Waals surface area contributed by atoms with Crippen LogP contribution in [0.4, 0.5) is 0 Å². The van der Waals surface area contributed by atoms with E-state index >= 15 is 0 Å². The summed E-state index contributed by atoms with van der Waals surface area (Å²) in [5.41, 5.74) is 5.93. The van der Waals surface area contributed by atoms with Crippen LogP contribution in [0.1, 0.15) is 41.0 Å². The Morgan fingerprint density at radius 3 is 2.44 bits per heavy atom. The van der Waals surface area contributed by atoms with E-state index in [0.29, 0.717) is 6.54 Å². The highest BCUT2D eigenvalue weighted by Crippen LogP contribution is 2.33. The largest absolute Gasteiger partial charge is 0.342 e. The minimum atomic E-state index is 0.0405. The summed E-state index contributed by atoms with van der Waals surface area (Å²) in [7, 11) is 0. The summed E-state index contributed by atoms with van der Waals surface area (Å²) in [6, 6.07) is 0. The Kier molecular flexibility index (Phi) is 3.68. The molecule has 2 unspecified atom stereocenters. The summed E-state index contributed by atoms with van der Waals surface area (Å²) in [5, 5.41) is 0. The van der Waals surface area contributed by atoms with E-state index in [1.54, 1.807) is 0 Å². The molecule has 0 radical (unpaired) electrons. The lowest BCUT2D eigenvalue weighted by atomic mass is 9.81. The van der Waals surface area contributed by atoms with Gasteiger partial charge in [0.15, 0.2) is 0 Å². The average Bonchev–Trinajstić information content (AvgIpc) is 2.58. The fraction of sp³-hybridized carbons (Fsp3) is 0.923. The normalized spacial score (nSPS) is 28.2. The predicted molar refractivity (Wildman–Crippen MR) is 67.0 cm³/mol. The Hall–Kier alpha value is -0.570. The van der Waals surface area contributed by atoms with Crippen LogP contribution >= 0.6 is 0 Å². The smallest absolute Gasteiger partial charge is 0.225 e. The van der Waals surface area contributed by atoms with Crippen molar-refractivity contribution in [1.82, 2.24) is 4.90 Å². The quantitative estimate of drug-likeness (QED) is 0.781. The number of hydrogen-bond donors (Lipinski definition) is 1. The number of rotatable bonds is 2. The van der Waals surface area contributed by atoms with Crippen LogP contribution in [0.15, 0.2) is 0 Å². The second-order valence-electron chi connectivity index (χ2n) is 6.61. The number of nitrogens with two attached hydrogens (primary N) is 1. The Labute approximate surface area is 99.4 Å². The van der Waals surface area contributed by atoms with Crippen LogP contribution in [-0.2, 0) is 4.79 Å². The zero-order valence-electron chi connectivity index (χ0n) is 11.3. The summed E-state index contributed by atoms with van der Waals surface area (Å²) in [5.74, 6) is 0.359. The molecule has 0 aromatic heterocycles. The molecule has 1 rings (SSSR count). The highest BCUT2D eigenvalue weighted by Gasteiger charge is 2.38. The van der Waals surface area contributed by atoms with Gasteiger partial charge in [-0.05, 0) is 23.8 Å². The zero-order chi connectivity index (χ0) is 12.6.